The van der Waals surface area contributed by atoms with Crippen molar-refractivity contribution >= 4 is 11.8 Å². The molecule has 0 radical (unpaired) electrons. The maximum atomic E-state index is 12.5. The highest BCUT2D eigenvalue weighted by Crippen LogP contribution is 2.43. The van der Waals surface area contributed by atoms with Crippen LogP contribution in [-0.2, 0) is 9.59 Å². The van der Waals surface area contributed by atoms with Crippen LogP contribution in [0.3, 0.4) is 0 Å². The van der Waals surface area contributed by atoms with Crippen LogP contribution < -0.4 is 5.32 Å². The molecular formula is C26H46N4O2. The lowest BCUT2D eigenvalue weighted by Crippen LogP contribution is -2.65. The molecule has 0 spiro atoms. The summed E-state index contributed by atoms with van der Waals surface area (Å²) in [7, 11) is 0. The van der Waals surface area contributed by atoms with Crippen LogP contribution in [-0.4, -0.2) is 84.4 Å². The van der Waals surface area contributed by atoms with Crippen LogP contribution in [0, 0.1) is 11.8 Å². The van der Waals surface area contributed by atoms with E-state index in [9.17, 15) is 9.59 Å². The van der Waals surface area contributed by atoms with Crippen molar-refractivity contribution < 1.29 is 9.59 Å². The van der Waals surface area contributed by atoms with Crippen LogP contribution in [0.25, 0.3) is 0 Å². The number of hydrogen-bond acceptors (Lipinski definition) is 4. The van der Waals surface area contributed by atoms with Crippen LogP contribution >= 0.6 is 0 Å². The van der Waals surface area contributed by atoms with E-state index < -0.39 is 0 Å². The van der Waals surface area contributed by atoms with Crippen molar-refractivity contribution in [3.8, 4) is 0 Å². The average molecular weight is 447 g/mol. The van der Waals surface area contributed by atoms with Crippen LogP contribution in [0.15, 0.2) is 0 Å². The standard InChI is InChI=1S/C26H46N4O2/c1-21(31)30-20-22-10-7-18-29-19-8-11-23(26(22)29)24(30)12-6-13-25(32)27-14-9-17-28-15-4-2-3-5-16-28/h22-24,26H,2-20H2,1H3,(H,27,32)/t22-,23+,24+,26-/m0/s1. The zero-order valence-corrected chi connectivity index (χ0v) is 20.4. The summed E-state index contributed by atoms with van der Waals surface area (Å²) < 4.78 is 0. The molecular weight excluding hydrogens is 400 g/mol. The normalized spacial score (nSPS) is 31.6. The molecule has 4 heterocycles. The predicted octanol–water partition coefficient (Wildman–Crippen LogP) is 3.26. The van der Waals surface area contributed by atoms with Gasteiger partial charge >= 0.3 is 0 Å². The molecule has 4 aliphatic rings. The van der Waals surface area contributed by atoms with E-state index >= 15 is 0 Å². The number of amides is 2. The lowest BCUT2D eigenvalue weighted by molar-refractivity contribution is -0.144. The summed E-state index contributed by atoms with van der Waals surface area (Å²) in [6.07, 6.45) is 14.0. The Balaban J connectivity index is 1.20. The fourth-order valence-electron chi connectivity index (χ4n) is 7.18. The van der Waals surface area contributed by atoms with E-state index in [0.29, 0.717) is 30.3 Å². The van der Waals surface area contributed by atoms with Crippen molar-refractivity contribution in [2.75, 3.05) is 45.8 Å². The van der Waals surface area contributed by atoms with Gasteiger partial charge in [-0.1, -0.05) is 12.8 Å². The molecule has 182 valence electrons. The van der Waals surface area contributed by atoms with E-state index in [4.69, 9.17) is 0 Å². The first-order valence-electron chi connectivity index (χ1n) is 13.6. The second-order valence-corrected chi connectivity index (χ2v) is 10.8. The van der Waals surface area contributed by atoms with Gasteiger partial charge in [-0.15, -0.1) is 0 Å². The van der Waals surface area contributed by atoms with Crippen molar-refractivity contribution in [3.05, 3.63) is 0 Å². The first kappa shape index (κ1) is 24.0. The molecule has 0 aromatic heterocycles. The fourth-order valence-corrected chi connectivity index (χ4v) is 7.18. The van der Waals surface area contributed by atoms with Gasteiger partial charge in [0.05, 0.1) is 0 Å². The molecule has 0 aliphatic carbocycles. The van der Waals surface area contributed by atoms with E-state index in [0.717, 1.165) is 38.9 Å². The summed E-state index contributed by atoms with van der Waals surface area (Å²) in [5.74, 6) is 1.67. The number of nitrogens with zero attached hydrogens (tertiary/aromatic N) is 3. The van der Waals surface area contributed by atoms with Gasteiger partial charge in [0.1, 0.15) is 0 Å². The van der Waals surface area contributed by atoms with E-state index in [2.05, 4.69) is 20.0 Å². The molecule has 0 aromatic carbocycles. The number of carbonyl (C=O) groups is 2. The van der Waals surface area contributed by atoms with Gasteiger partial charge in [-0.05, 0) is 102 Å². The minimum Gasteiger partial charge on any atom is -0.356 e. The molecule has 6 heteroatoms. The number of carbonyl (C=O) groups excluding carboxylic acids is 2. The van der Waals surface area contributed by atoms with Gasteiger partial charge in [0.15, 0.2) is 0 Å². The predicted molar refractivity (Wildman–Crippen MR) is 128 cm³/mol. The van der Waals surface area contributed by atoms with Gasteiger partial charge in [-0.3, -0.25) is 14.5 Å². The van der Waals surface area contributed by atoms with Gasteiger partial charge in [0.2, 0.25) is 11.8 Å². The number of nitrogens with one attached hydrogen (secondary N) is 1. The Morgan fingerprint density at radius 2 is 1.66 bits per heavy atom. The molecule has 4 saturated heterocycles. The third-order valence-electron chi connectivity index (χ3n) is 8.65. The van der Waals surface area contributed by atoms with Crippen molar-refractivity contribution in [2.24, 2.45) is 11.8 Å². The molecule has 0 unspecified atom stereocenters. The maximum absolute atomic E-state index is 12.5. The lowest BCUT2D eigenvalue weighted by atomic mass is 9.69. The molecule has 32 heavy (non-hydrogen) atoms. The zero-order valence-electron chi connectivity index (χ0n) is 20.4. The van der Waals surface area contributed by atoms with Gasteiger partial charge in [0, 0.05) is 38.5 Å². The molecule has 1 N–H and O–H groups in total. The van der Waals surface area contributed by atoms with Crippen LogP contribution in [0.4, 0.5) is 0 Å². The Labute approximate surface area is 195 Å². The molecule has 4 rings (SSSR count). The summed E-state index contributed by atoms with van der Waals surface area (Å²) in [6.45, 7) is 9.50. The van der Waals surface area contributed by atoms with Gasteiger partial charge < -0.3 is 15.1 Å². The average Bonchev–Trinajstić information content (AvgIpc) is 3.07. The Morgan fingerprint density at radius 1 is 0.906 bits per heavy atom. The first-order valence-corrected chi connectivity index (χ1v) is 13.6. The second-order valence-electron chi connectivity index (χ2n) is 10.8. The fraction of sp³-hybridized carbons (Fsp3) is 0.923. The van der Waals surface area contributed by atoms with Crippen LogP contribution in [0.1, 0.15) is 84.0 Å². The Morgan fingerprint density at radius 3 is 2.41 bits per heavy atom. The van der Waals surface area contributed by atoms with E-state index in [1.54, 1.807) is 6.92 Å². The SMILES string of the molecule is CC(=O)N1C[C@@H]2CCCN3CCC[C@@H]([C@H]23)[C@H]1CCCC(=O)NCCCN1CCCCCC1. The van der Waals surface area contributed by atoms with Crippen molar-refractivity contribution in [3.63, 3.8) is 0 Å². The number of piperidine rings is 3. The molecule has 4 fully saturated rings. The largest absolute Gasteiger partial charge is 0.356 e. The minimum atomic E-state index is 0.187. The van der Waals surface area contributed by atoms with Gasteiger partial charge in [-0.2, -0.15) is 0 Å². The number of rotatable bonds is 8. The monoisotopic (exact) mass is 446 g/mol. The van der Waals surface area contributed by atoms with Crippen molar-refractivity contribution in [2.45, 2.75) is 96.1 Å². The zero-order chi connectivity index (χ0) is 22.3. The molecule has 2 amide bonds. The second kappa shape index (κ2) is 11.8. The Kier molecular flexibility index (Phi) is 8.87. The molecule has 4 aliphatic heterocycles. The molecule has 0 saturated carbocycles. The van der Waals surface area contributed by atoms with Crippen molar-refractivity contribution in [1.29, 1.82) is 0 Å². The highest BCUT2D eigenvalue weighted by molar-refractivity contribution is 5.76. The van der Waals surface area contributed by atoms with Crippen molar-refractivity contribution in [1.82, 2.24) is 20.0 Å². The topological polar surface area (TPSA) is 55.9 Å². The lowest BCUT2D eigenvalue weighted by Gasteiger charge is -2.57. The smallest absolute Gasteiger partial charge is 0.219 e. The third kappa shape index (κ3) is 6.05. The highest BCUT2D eigenvalue weighted by atomic mass is 16.2. The summed E-state index contributed by atoms with van der Waals surface area (Å²) in [4.78, 5) is 32.4. The molecule has 0 aromatic rings. The van der Waals surface area contributed by atoms with Gasteiger partial charge in [-0.25, -0.2) is 0 Å². The summed E-state index contributed by atoms with van der Waals surface area (Å²) >= 11 is 0. The highest BCUT2D eigenvalue weighted by Gasteiger charge is 2.48. The quantitative estimate of drug-likeness (QED) is 0.582. The Hall–Kier alpha value is -1.14. The number of likely N-dealkylation sites (tertiary alicyclic amines) is 2. The Bertz CT molecular complexity index is 617. The first-order chi connectivity index (χ1) is 15.6. The summed E-state index contributed by atoms with van der Waals surface area (Å²) in [5, 5.41) is 3.14. The minimum absolute atomic E-state index is 0.187. The summed E-state index contributed by atoms with van der Waals surface area (Å²) in [5.41, 5.74) is 0. The van der Waals surface area contributed by atoms with Crippen LogP contribution in [0.2, 0.25) is 0 Å². The maximum Gasteiger partial charge on any atom is 0.219 e. The molecule has 4 atom stereocenters. The van der Waals surface area contributed by atoms with E-state index in [1.807, 2.05) is 0 Å². The van der Waals surface area contributed by atoms with Gasteiger partial charge in [0.25, 0.3) is 0 Å². The summed E-state index contributed by atoms with van der Waals surface area (Å²) in [6, 6.07) is 0.997. The van der Waals surface area contributed by atoms with E-state index in [-0.39, 0.29) is 11.8 Å². The molecule has 6 nitrogen and oxygen atoms in total. The van der Waals surface area contributed by atoms with Crippen LogP contribution in [0.5, 0.6) is 0 Å². The number of hydrogen-bond donors (Lipinski definition) is 1. The molecule has 0 bridgehead atoms. The van der Waals surface area contributed by atoms with E-state index in [1.165, 1.54) is 77.5 Å². The third-order valence-corrected chi connectivity index (χ3v) is 8.65.